The highest BCUT2D eigenvalue weighted by Crippen LogP contribution is 2.31. The Balaban J connectivity index is 1.24. The Labute approximate surface area is 241 Å². The standard InChI is InChI=1S/C32H41N5O4/c1-22(33-30(39)27-19-29(38)36-18-6-5-12-28(36)34-27)24-13-15-25(16-14-24)35-17-8-11-26(21-35)37(20-23-9-7-10-23)31(40)41-32(2,3)4/h5-6,12-16,18-19,22-23,26H,7-11,17,20-21H2,1-4H3,(H,33,39)/t22-,26+/m0/s1. The maximum absolute atomic E-state index is 13.2. The minimum Gasteiger partial charge on any atom is -0.444 e. The summed E-state index contributed by atoms with van der Waals surface area (Å²) < 4.78 is 7.21. The van der Waals surface area contributed by atoms with E-state index in [-0.39, 0.29) is 29.4 Å². The van der Waals surface area contributed by atoms with Gasteiger partial charge in [0.25, 0.3) is 11.5 Å². The van der Waals surface area contributed by atoms with Crippen LogP contribution in [-0.2, 0) is 4.74 Å². The average molecular weight is 560 g/mol. The molecule has 2 aromatic heterocycles. The molecular formula is C32H41N5O4. The molecule has 218 valence electrons. The largest absolute Gasteiger partial charge is 0.444 e. The smallest absolute Gasteiger partial charge is 0.410 e. The van der Waals surface area contributed by atoms with E-state index < -0.39 is 11.5 Å². The van der Waals surface area contributed by atoms with E-state index in [1.165, 1.54) is 29.7 Å². The van der Waals surface area contributed by atoms with Gasteiger partial charge in [-0.25, -0.2) is 9.78 Å². The second kappa shape index (κ2) is 11.9. The average Bonchev–Trinajstić information content (AvgIpc) is 2.91. The Morgan fingerprint density at radius 2 is 1.85 bits per heavy atom. The molecule has 9 nitrogen and oxygen atoms in total. The van der Waals surface area contributed by atoms with Crippen LogP contribution in [0.4, 0.5) is 10.5 Å². The maximum atomic E-state index is 13.2. The van der Waals surface area contributed by atoms with E-state index >= 15 is 0 Å². The number of amides is 2. The van der Waals surface area contributed by atoms with Crippen molar-refractivity contribution >= 4 is 23.3 Å². The van der Waals surface area contributed by atoms with E-state index in [9.17, 15) is 14.4 Å². The molecule has 0 spiro atoms. The highest BCUT2D eigenvalue weighted by Gasteiger charge is 2.34. The van der Waals surface area contributed by atoms with Crippen molar-refractivity contribution < 1.29 is 14.3 Å². The number of benzene rings is 1. The van der Waals surface area contributed by atoms with E-state index in [1.807, 2.05) is 44.7 Å². The van der Waals surface area contributed by atoms with E-state index in [0.717, 1.165) is 43.7 Å². The molecule has 1 N–H and O–H groups in total. The van der Waals surface area contributed by atoms with Crippen LogP contribution >= 0.6 is 0 Å². The van der Waals surface area contributed by atoms with Crippen LogP contribution in [0, 0.1) is 5.92 Å². The molecule has 3 heterocycles. The summed E-state index contributed by atoms with van der Waals surface area (Å²) in [7, 11) is 0. The predicted octanol–water partition coefficient (Wildman–Crippen LogP) is 5.19. The first-order chi connectivity index (χ1) is 19.6. The lowest BCUT2D eigenvalue weighted by atomic mass is 9.84. The number of fused-ring (bicyclic) bond motifs is 1. The lowest BCUT2D eigenvalue weighted by Gasteiger charge is -2.43. The van der Waals surface area contributed by atoms with Gasteiger partial charge in [0, 0.05) is 37.6 Å². The quantitative estimate of drug-likeness (QED) is 0.428. The third kappa shape index (κ3) is 6.89. The molecule has 9 heteroatoms. The molecule has 0 radical (unpaired) electrons. The highest BCUT2D eigenvalue weighted by atomic mass is 16.6. The number of piperidine rings is 1. The minimum absolute atomic E-state index is 0.0977. The van der Waals surface area contributed by atoms with Crippen LogP contribution < -0.4 is 15.8 Å². The van der Waals surface area contributed by atoms with Crippen molar-refractivity contribution in [3.8, 4) is 0 Å². The summed E-state index contributed by atoms with van der Waals surface area (Å²) in [5.74, 6) is 0.176. The van der Waals surface area contributed by atoms with Crippen LogP contribution in [0.5, 0.6) is 0 Å². The molecule has 2 fully saturated rings. The Bertz CT molecular complexity index is 1440. The second-order valence-electron chi connectivity index (χ2n) is 12.4. The first kappa shape index (κ1) is 28.6. The zero-order chi connectivity index (χ0) is 29.1. The van der Waals surface area contributed by atoms with Gasteiger partial charge in [0.15, 0.2) is 0 Å². The monoisotopic (exact) mass is 559 g/mol. The summed E-state index contributed by atoms with van der Waals surface area (Å²) >= 11 is 0. The molecule has 1 aliphatic heterocycles. The minimum atomic E-state index is -0.522. The van der Waals surface area contributed by atoms with Crippen LogP contribution in [0.3, 0.4) is 0 Å². The molecule has 3 aromatic rings. The molecule has 1 aliphatic carbocycles. The van der Waals surface area contributed by atoms with Crippen molar-refractivity contribution in [1.82, 2.24) is 19.6 Å². The van der Waals surface area contributed by atoms with Crippen LogP contribution in [0.2, 0.25) is 0 Å². The van der Waals surface area contributed by atoms with Crippen LogP contribution in [0.1, 0.15) is 81.9 Å². The van der Waals surface area contributed by atoms with E-state index in [4.69, 9.17) is 4.74 Å². The molecule has 1 saturated carbocycles. The van der Waals surface area contributed by atoms with Gasteiger partial charge in [-0.05, 0) is 89.1 Å². The Morgan fingerprint density at radius 1 is 1.10 bits per heavy atom. The predicted molar refractivity (Wildman–Crippen MR) is 159 cm³/mol. The number of carbonyl (C=O) groups excluding carboxylic acids is 2. The van der Waals surface area contributed by atoms with Crippen molar-refractivity contribution in [2.45, 2.75) is 77.5 Å². The van der Waals surface area contributed by atoms with Gasteiger partial charge >= 0.3 is 6.09 Å². The third-order valence-electron chi connectivity index (χ3n) is 8.05. The lowest BCUT2D eigenvalue weighted by molar-refractivity contribution is 0.00735. The molecular weight excluding hydrogens is 518 g/mol. The molecule has 1 aromatic carbocycles. The van der Waals surface area contributed by atoms with Crippen molar-refractivity contribution in [3.63, 3.8) is 0 Å². The van der Waals surface area contributed by atoms with Crippen molar-refractivity contribution in [3.05, 3.63) is 76.3 Å². The summed E-state index contributed by atoms with van der Waals surface area (Å²) in [6, 6.07) is 14.5. The Morgan fingerprint density at radius 3 is 2.54 bits per heavy atom. The van der Waals surface area contributed by atoms with Crippen molar-refractivity contribution in [1.29, 1.82) is 0 Å². The molecule has 1 saturated heterocycles. The number of ether oxygens (including phenoxy) is 1. The van der Waals surface area contributed by atoms with Crippen LogP contribution in [-0.4, -0.2) is 57.6 Å². The first-order valence-electron chi connectivity index (χ1n) is 14.7. The summed E-state index contributed by atoms with van der Waals surface area (Å²) in [4.78, 5) is 47.2. The second-order valence-corrected chi connectivity index (χ2v) is 12.4. The number of hydrogen-bond donors (Lipinski definition) is 1. The maximum Gasteiger partial charge on any atom is 0.410 e. The molecule has 2 aliphatic rings. The highest BCUT2D eigenvalue weighted by molar-refractivity contribution is 5.92. The van der Waals surface area contributed by atoms with Crippen LogP contribution in [0.15, 0.2) is 59.5 Å². The number of aromatic nitrogens is 2. The Hall–Kier alpha value is -3.88. The lowest BCUT2D eigenvalue weighted by Crippen LogP contribution is -2.53. The summed E-state index contributed by atoms with van der Waals surface area (Å²) in [6.07, 6.45) is 6.99. The fraction of sp³-hybridized carbons (Fsp3) is 0.500. The zero-order valence-corrected chi connectivity index (χ0v) is 24.5. The molecule has 2 atom stereocenters. The van der Waals surface area contributed by atoms with Gasteiger partial charge in [0.2, 0.25) is 0 Å². The number of pyridine rings is 1. The first-order valence-corrected chi connectivity index (χ1v) is 14.7. The third-order valence-corrected chi connectivity index (χ3v) is 8.05. The Kier molecular flexibility index (Phi) is 8.33. The van der Waals surface area contributed by atoms with Gasteiger partial charge < -0.3 is 19.9 Å². The van der Waals surface area contributed by atoms with Gasteiger partial charge in [0.05, 0.1) is 12.1 Å². The number of rotatable bonds is 7. The zero-order valence-electron chi connectivity index (χ0n) is 24.5. The summed E-state index contributed by atoms with van der Waals surface area (Å²) in [5.41, 5.74) is 1.75. The van der Waals surface area contributed by atoms with Gasteiger partial charge in [-0.15, -0.1) is 0 Å². The molecule has 5 rings (SSSR count). The normalized spacial score (nSPS) is 18.4. The number of nitrogens with one attached hydrogen (secondary N) is 1. The number of hydrogen-bond acceptors (Lipinski definition) is 6. The van der Waals surface area contributed by atoms with Gasteiger partial charge in [-0.2, -0.15) is 0 Å². The van der Waals surface area contributed by atoms with E-state index in [2.05, 4.69) is 27.3 Å². The van der Waals surface area contributed by atoms with Crippen molar-refractivity contribution in [2.24, 2.45) is 5.92 Å². The summed E-state index contributed by atoms with van der Waals surface area (Å²) in [5, 5.41) is 2.96. The molecule has 0 bridgehead atoms. The fourth-order valence-corrected chi connectivity index (χ4v) is 5.59. The van der Waals surface area contributed by atoms with E-state index in [0.29, 0.717) is 11.6 Å². The van der Waals surface area contributed by atoms with Crippen molar-refractivity contribution in [2.75, 3.05) is 24.5 Å². The fourth-order valence-electron chi connectivity index (χ4n) is 5.59. The van der Waals surface area contributed by atoms with E-state index in [1.54, 1.807) is 24.4 Å². The van der Waals surface area contributed by atoms with Gasteiger partial charge in [-0.1, -0.05) is 24.6 Å². The van der Waals surface area contributed by atoms with Crippen LogP contribution in [0.25, 0.3) is 5.65 Å². The SMILES string of the molecule is C[C@H](NC(=O)c1cc(=O)n2ccccc2n1)c1ccc(N2CCC[C@@H](N(CC3CCC3)C(=O)OC(C)(C)C)C2)cc1. The molecule has 41 heavy (non-hydrogen) atoms. The number of carbonyl (C=O) groups is 2. The molecule has 0 unspecified atom stereocenters. The summed E-state index contributed by atoms with van der Waals surface area (Å²) in [6.45, 7) is 10.1. The van der Waals surface area contributed by atoms with Gasteiger partial charge in [0.1, 0.15) is 16.9 Å². The molecule has 2 amide bonds. The topological polar surface area (TPSA) is 96.2 Å². The number of nitrogens with zero attached hydrogens (tertiary/aromatic N) is 4. The number of anilines is 1. The van der Waals surface area contributed by atoms with Gasteiger partial charge in [-0.3, -0.25) is 14.0 Å².